The topological polar surface area (TPSA) is 24.9 Å². The van der Waals surface area contributed by atoms with E-state index in [9.17, 15) is 0 Å². The third-order valence-corrected chi connectivity index (χ3v) is 5.72. The number of fused-ring (bicyclic) bond motifs is 1. The van der Waals surface area contributed by atoms with E-state index in [2.05, 4.69) is 71.8 Å². The summed E-state index contributed by atoms with van der Waals surface area (Å²) in [5.74, 6) is 0. The van der Waals surface area contributed by atoms with E-state index < -0.39 is 0 Å². The molecule has 2 nitrogen and oxygen atoms in total. The van der Waals surface area contributed by atoms with E-state index in [4.69, 9.17) is 0 Å². The van der Waals surface area contributed by atoms with Crippen LogP contribution < -0.4 is 5.32 Å². The van der Waals surface area contributed by atoms with Crippen LogP contribution in [-0.4, -0.2) is 4.98 Å². The number of thiophene rings is 1. The smallest absolute Gasteiger partial charge is 0.0813 e. The summed E-state index contributed by atoms with van der Waals surface area (Å²) in [4.78, 5) is 6.97. The minimum absolute atomic E-state index is 0.848. The number of aryl methyl sites for hydroxylation is 1. The second kappa shape index (κ2) is 6.14. The van der Waals surface area contributed by atoms with E-state index in [-0.39, 0.29) is 0 Å². The van der Waals surface area contributed by atoms with Crippen molar-refractivity contribution in [3.8, 4) is 10.4 Å². The standard InChI is InChI=1S/C19H16N2S2/c1-13-2-4-14(5-3-13)18-9-7-16(23-18)11-20-15-6-8-17-19(10-15)22-12-21-17/h2-10,12,20H,11H2,1H3. The number of anilines is 1. The van der Waals surface area contributed by atoms with Crippen molar-refractivity contribution in [2.75, 3.05) is 5.32 Å². The van der Waals surface area contributed by atoms with Crippen molar-refractivity contribution in [1.82, 2.24) is 4.98 Å². The van der Waals surface area contributed by atoms with Crippen LogP contribution in [0, 0.1) is 6.92 Å². The molecule has 2 aromatic heterocycles. The average molecular weight is 336 g/mol. The van der Waals surface area contributed by atoms with Gasteiger partial charge in [0.25, 0.3) is 0 Å². The molecule has 2 heterocycles. The molecule has 0 amide bonds. The minimum Gasteiger partial charge on any atom is -0.380 e. The lowest BCUT2D eigenvalue weighted by Crippen LogP contribution is -1.96. The van der Waals surface area contributed by atoms with Gasteiger partial charge in [-0.15, -0.1) is 22.7 Å². The van der Waals surface area contributed by atoms with Gasteiger partial charge in [0.15, 0.2) is 0 Å². The van der Waals surface area contributed by atoms with Crippen LogP contribution >= 0.6 is 22.7 Å². The van der Waals surface area contributed by atoms with E-state index >= 15 is 0 Å². The molecular formula is C19H16N2S2. The van der Waals surface area contributed by atoms with Crippen LogP contribution in [0.5, 0.6) is 0 Å². The molecule has 0 saturated carbocycles. The highest BCUT2D eigenvalue weighted by Crippen LogP contribution is 2.29. The fraction of sp³-hybridized carbons (Fsp3) is 0.105. The number of nitrogens with one attached hydrogen (secondary N) is 1. The van der Waals surface area contributed by atoms with E-state index in [1.54, 1.807) is 11.3 Å². The SMILES string of the molecule is Cc1ccc(-c2ccc(CNc3ccc4ncsc4c3)s2)cc1. The van der Waals surface area contributed by atoms with Crippen LogP contribution in [0.4, 0.5) is 5.69 Å². The molecule has 4 aromatic rings. The van der Waals surface area contributed by atoms with Crippen LogP contribution in [0.2, 0.25) is 0 Å². The van der Waals surface area contributed by atoms with Crippen molar-refractivity contribution in [2.24, 2.45) is 0 Å². The van der Waals surface area contributed by atoms with Crippen LogP contribution in [0.3, 0.4) is 0 Å². The van der Waals surface area contributed by atoms with E-state index in [1.807, 2.05) is 16.8 Å². The molecule has 0 radical (unpaired) electrons. The number of rotatable bonds is 4. The molecule has 1 N–H and O–H groups in total. The normalized spacial score (nSPS) is 11.0. The molecule has 0 aliphatic carbocycles. The van der Waals surface area contributed by atoms with E-state index in [0.29, 0.717) is 0 Å². The summed E-state index contributed by atoms with van der Waals surface area (Å²) in [6.07, 6.45) is 0. The molecule has 4 heteroatoms. The van der Waals surface area contributed by atoms with Crippen molar-refractivity contribution >= 4 is 38.6 Å². The van der Waals surface area contributed by atoms with Gasteiger partial charge >= 0.3 is 0 Å². The summed E-state index contributed by atoms with van der Waals surface area (Å²) in [6, 6.07) is 19.5. The van der Waals surface area contributed by atoms with Gasteiger partial charge in [-0.1, -0.05) is 29.8 Å². The lowest BCUT2D eigenvalue weighted by Gasteiger charge is -2.04. The summed E-state index contributed by atoms with van der Waals surface area (Å²) in [5.41, 5.74) is 6.69. The summed E-state index contributed by atoms with van der Waals surface area (Å²) in [7, 11) is 0. The molecule has 0 atom stereocenters. The molecule has 0 saturated heterocycles. The Morgan fingerprint density at radius 1 is 1.00 bits per heavy atom. The van der Waals surface area contributed by atoms with Crippen LogP contribution in [0.15, 0.2) is 60.1 Å². The summed E-state index contributed by atoms with van der Waals surface area (Å²) in [5, 5.41) is 3.51. The molecule has 23 heavy (non-hydrogen) atoms. The Morgan fingerprint density at radius 3 is 2.74 bits per heavy atom. The maximum Gasteiger partial charge on any atom is 0.0813 e. The van der Waals surface area contributed by atoms with Gasteiger partial charge in [-0.3, -0.25) is 0 Å². The first kappa shape index (κ1) is 14.4. The Morgan fingerprint density at radius 2 is 1.87 bits per heavy atom. The third kappa shape index (κ3) is 3.14. The van der Waals surface area contributed by atoms with Gasteiger partial charge in [-0.25, -0.2) is 4.98 Å². The van der Waals surface area contributed by atoms with Gasteiger partial charge in [-0.2, -0.15) is 0 Å². The highest BCUT2D eigenvalue weighted by molar-refractivity contribution is 7.16. The number of aromatic nitrogens is 1. The number of thiazole rings is 1. The minimum atomic E-state index is 0.848. The molecule has 0 unspecified atom stereocenters. The molecule has 114 valence electrons. The Balaban J connectivity index is 1.48. The van der Waals surface area contributed by atoms with Gasteiger partial charge in [0.2, 0.25) is 0 Å². The number of nitrogens with zero attached hydrogens (tertiary/aromatic N) is 1. The largest absolute Gasteiger partial charge is 0.380 e. The molecule has 0 aliphatic rings. The van der Waals surface area contributed by atoms with Crippen molar-refractivity contribution in [2.45, 2.75) is 13.5 Å². The zero-order valence-electron chi connectivity index (χ0n) is 12.7. The molecule has 0 spiro atoms. The second-order valence-electron chi connectivity index (χ2n) is 5.52. The van der Waals surface area contributed by atoms with Gasteiger partial charge in [0, 0.05) is 22.0 Å². The molecule has 2 aromatic carbocycles. The van der Waals surface area contributed by atoms with Crippen LogP contribution in [0.25, 0.3) is 20.7 Å². The predicted molar refractivity (Wildman–Crippen MR) is 101 cm³/mol. The monoisotopic (exact) mass is 336 g/mol. The Kier molecular flexibility index (Phi) is 3.85. The van der Waals surface area contributed by atoms with Crippen molar-refractivity contribution < 1.29 is 0 Å². The Labute approximate surface area is 143 Å². The summed E-state index contributed by atoms with van der Waals surface area (Å²) < 4.78 is 1.22. The quantitative estimate of drug-likeness (QED) is 0.498. The molecule has 0 fully saturated rings. The first-order valence-corrected chi connectivity index (χ1v) is 9.20. The van der Waals surface area contributed by atoms with E-state index in [0.717, 1.165) is 17.7 Å². The van der Waals surface area contributed by atoms with Crippen molar-refractivity contribution in [1.29, 1.82) is 0 Å². The molecular weight excluding hydrogens is 320 g/mol. The highest BCUT2D eigenvalue weighted by atomic mass is 32.1. The first-order chi connectivity index (χ1) is 11.3. The fourth-order valence-corrected chi connectivity index (χ4v) is 4.17. The molecule has 4 rings (SSSR count). The zero-order chi connectivity index (χ0) is 15.6. The highest BCUT2D eigenvalue weighted by Gasteiger charge is 2.04. The average Bonchev–Trinajstić information content (AvgIpc) is 3.22. The van der Waals surface area contributed by atoms with Crippen LogP contribution in [0.1, 0.15) is 10.4 Å². The number of benzene rings is 2. The fourth-order valence-electron chi connectivity index (χ4n) is 2.50. The molecule has 0 bridgehead atoms. The van der Waals surface area contributed by atoms with Gasteiger partial charge in [0.05, 0.1) is 15.7 Å². The predicted octanol–water partition coefficient (Wildman–Crippen LogP) is 5.95. The second-order valence-corrected chi connectivity index (χ2v) is 7.58. The number of hydrogen-bond donors (Lipinski definition) is 1. The third-order valence-electron chi connectivity index (χ3n) is 3.80. The Bertz CT molecular complexity index is 935. The summed E-state index contributed by atoms with van der Waals surface area (Å²) >= 11 is 3.52. The Hall–Kier alpha value is -2.17. The van der Waals surface area contributed by atoms with E-state index in [1.165, 1.54) is 25.6 Å². The number of hydrogen-bond acceptors (Lipinski definition) is 4. The van der Waals surface area contributed by atoms with Gasteiger partial charge < -0.3 is 5.32 Å². The lowest BCUT2D eigenvalue weighted by molar-refractivity contribution is 1.20. The van der Waals surface area contributed by atoms with Gasteiger partial charge in [0.1, 0.15) is 0 Å². The van der Waals surface area contributed by atoms with Gasteiger partial charge in [-0.05, 0) is 42.8 Å². The lowest BCUT2D eigenvalue weighted by atomic mass is 10.1. The zero-order valence-corrected chi connectivity index (χ0v) is 14.4. The maximum atomic E-state index is 4.31. The summed E-state index contributed by atoms with van der Waals surface area (Å²) in [6.45, 7) is 2.97. The van der Waals surface area contributed by atoms with Crippen molar-refractivity contribution in [3.63, 3.8) is 0 Å². The maximum absolute atomic E-state index is 4.31. The van der Waals surface area contributed by atoms with Crippen molar-refractivity contribution in [3.05, 3.63) is 70.5 Å². The first-order valence-electron chi connectivity index (χ1n) is 7.51. The molecule has 0 aliphatic heterocycles. The van der Waals surface area contributed by atoms with Crippen LogP contribution in [-0.2, 0) is 6.54 Å².